The van der Waals surface area contributed by atoms with Gasteiger partial charge in [0, 0.05) is 18.0 Å². The van der Waals surface area contributed by atoms with Crippen molar-refractivity contribution in [3.05, 3.63) is 11.1 Å². The van der Waals surface area contributed by atoms with Crippen LogP contribution in [0.15, 0.2) is 11.1 Å². The second kappa shape index (κ2) is 6.46. The summed E-state index contributed by atoms with van der Waals surface area (Å²) in [7, 11) is 0. The van der Waals surface area contributed by atoms with Crippen LogP contribution in [0.1, 0.15) is 19.3 Å². The fraction of sp³-hybridized carbons (Fsp3) is 0.733. The number of rotatable bonds is 4. The number of fused-ring (bicyclic) bond motifs is 1. The highest BCUT2D eigenvalue weighted by molar-refractivity contribution is 6.30. The van der Waals surface area contributed by atoms with Crippen molar-refractivity contribution in [1.82, 2.24) is 4.90 Å². The smallest absolute Gasteiger partial charge is 0.233 e. The minimum absolute atomic E-state index is 0.00222. The molecule has 2 amide bonds. The quantitative estimate of drug-likeness (QED) is 0.732. The van der Waals surface area contributed by atoms with Crippen LogP contribution in [0.25, 0.3) is 0 Å². The van der Waals surface area contributed by atoms with Gasteiger partial charge in [-0.2, -0.15) is 0 Å². The third kappa shape index (κ3) is 3.15. The molecule has 0 aromatic rings. The molecule has 2 heterocycles. The van der Waals surface area contributed by atoms with Gasteiger partial charge in [0.15, 0.2) is 0 Å². The number of hydrogen-bond acceptors (Lipinski definition) is 3. The third-order valence-electron chi connectivity index (χ3n) is 4.77. The Morgan fingerprint density at radius 3 is 2.71 bits per heavy atom. The third-order valence-corrected chi connectivity index (χ3v) is 5.08. The number of nitrogens with zero attached hydrogens (tertiary/aromatic N) is 1. The summed E-state index contributed by atoms with van der Waals surface area (Å²) in [5.74, 6) is -0.405. The van der Waals surface area contributed by atoms with Crippen LogP contribution in [0.4, 0.5) is 0 Å². The standard InChI is InChI=1S/C15H21ClN2O3/c16-11-2-3-12-13(10-11)15(20)18(14(12)19)5-1-4-17-6-8-21-9-7-17/h2,12-13H,1,3-10H2/p+1/t12-,13+/m0/s1. The van der Waals surface area contributed by atoms with Gasteiger partial charge < -0.3 is 9.64 Å². The van der Waals surface area contributed by atoms with Crippen LogP contribution in [0.3, 0.4) is 0 Å². The minimum Gasteiger partial charge on any atom is -0.370 e. The highest BCUT2D eigenvalue weighted by Crippen LogP contribution is 2.38. The summed E-state index contributed by atoms with van der Waals surface area (Å²) in [4.78, 5) is 27.7. The zero-order valence-electron chi connectivity index (χ0n) is 12.1. The Labute approximate surface area is 129 Å². The molecule has 3 aliphatic rings. The molecule has 2 saturated heterocycles. The average molecular weight is 314 g/mol. The number of nitrogens with one attached hydrogen (secondary N) is 1. The van der Waals surface area contributed by atoms with E-state index in [2.05, 4.69) is 0 Å². The molecule has 5 nitrogen and oxygen atoms in total. The molecular weight excluding hydrogens is 292 g/mol. The topological polar surface area (TPSA) is 51.0 Å². The average Bonchev–Trinajstić information content (AvgIpc) is 2.73. The summed E-state index contributed by atoms with van der Waals surface area (Å²) >= 11 is 6.01. The lowest BCUT2D eigenvalue weighted by Gasteiger charge is -2.24. The molecule has 2 fully saturated rings. The van der Waals surface area contributed by atoms with Gasteiger partial charge in [0.05, 0.1) is 31.6 Å². The second-order valence-electron chi connectivity index (χ2n) is 6.10. The van der Waals surface area contributed by atoms with E-state index < -0.39 is 0 Å². The molecule has 0 saturated carbocycles. The normalized spacial score (nSPS) is 30.5. The van der Waals surface area contributed by atoms with Crippen molar-refractivity contribution < 1.29 is 19.2 Å². The summed E-state index contributed by atoms with van der Waals surface area (Å²) in [5.41, 5.74) is 0. The number of likely N-dealkylation sites (tertiary alicyclic amines) is 1. The maximum atomic E-state index is 12.4. The molecule has 6 heteroatoms. The number of allylic oxidation sites excluding steroid dienone is 2. The number of carbonyl (C=O) groups excluding carboxylic acids is 2. The predicted octanol–water partition coefficient (Wildman–Crippen LogP) is -0.191. The highest BCUT2D eigenvalue weighted by atomic mass is 35.5. The van der Waals surface area contributed by atoms with Crippen molar-refractivity contribution in [3.8, 4) is 0 Å². The summed E-state index contributed by atoms with van der Waals surface area (Å²) in [6.45, 7) is 5.21. The zero-order chi connectivity index (χ0) is 14.8. The van der Waals surface area contributed by atoms with Gasteiger partial charge in [-0.15, -0.1) is 0 Å². The maximum Gasteiger partial charge on any atom is 0.233 e. The number of carbonyl (C=O) groups is 2. The first kappa shape index (κ1) is 15.0. The number of morpholine rings is 1. The van der Waals surface area contributed by atoms with E-state index in [1.54, 1.807) is 0 Å². The lowest BCUT2D eigenvalue weighted by atomic mass is 9.85. The van der Waals surface area contributed by atoms with Crippen LogP contribution in [-0.2, 0) is 14.3 Å². The van der Waals surface area contributed by atoms with Gasteiger partial charge in [-0.3, -0.25) is 14.5 Å². The molecule has 0 unspecified atom stereocenters. The van der Waals surface area contributed by atoms with Crippen LogP contribution >= 0.6 is 11.6 Å². The molecule has 2 atom stereocenters. The monoisotopic (exact) mass is 313 g/mol. The number of halogens is 1. The van der Waals surface area contributed by atoms with Gasteiger partial charge >= 0.3 is 0 Å². The SMILES string of the molecule is O=C1[C@H]2CC=C(Cl)C[C@H]2C(=O)N1CCC[NH+]1CCOCC1. The number of hydrogen-bond donors (Lipinski definition) is 1. The fourth-order valence-electron chi connectivity index (χ4n) is 3.51. The molecule has 1 aliphatic carbocycles. The number of quaternary nitrogens is 1. The lowest BCUT2D eigenvalue weighted by Crippen LogP contribution is -3.14. The Hall–Kier alpha value is -0.910. The van der Waals surface area contributed by atoms with Crippen molar-refractivity contribution in [2.24, 2.45) is 11.8 Å². The van der Waals surface area contributed by atoms with Crippen LogP contribution in [0.5, 0.6) is 0 Å². The Kier molecular flexibility index (Phi) is 4.62. The first-order valence-electron chi connectivity index (χ1n) is 7.78. The highest BCUT2D eigenvalue weighted by Gasteiger charge is 2.47. The van der Waals surface area contributed by atoms with Gasteiger partial charge in [-0.05, 0) is 12.8 Å². The van der Waals surface area contributed by atoms with E-state index in [0.717, 1.165) is 44.3 Å². The van der Waals surface area contributed by atoms with Crippen molar-refractivity contribution >= 4 is 23.4 Å². The molecule has 1 N–H and O–H groups in total. The van der Waals surface area contributed by atoms with E-state index in [1.165, 1.54) is 9.80 Å². The Bertz CT molecular complexity index is 460. The van der Waals surface area contributed by atoms with Gasteiger partial charge in [-0.25, -0.2) is 0 Å². The number of ether oxygens (including phenoxy) is 1. The van der Waals surface area contributed by atoms with Crippen molar-refractivity contribution in [2.45, 2.75) is 19.3 Å². The van der Waals surface area contributed by atoms with E-state index in [-0.39, 0.29) is 23.7 Å². The number of imide groups is 1. The van der Waals surface area contributed by atoms with Crippen molar-refractivity contribution in [1.29, 1.82) is 0 Å². The van der Waals surface area contributed by atoms with Crippen molar-refractivity contribution in [3.63, 3.8) is 0 Å². The Morgan fingerprint density at radius 2 is 1.95 bits per heavy atom. The molecule has 0 bridgehead atoms. The molecule has 116 valence electrons. The summed E-state index contributed by atoms with van der Waals surface area (Å²) in [6, 6.07) is 0. The fourth-order valence-corrected chi connectivity index (χ4v) is 3.77. The maximum absolute atomic E-state index is 12.4. The molecule has 0 spiro atoms. The van der Waals surface area contributed by atoms with E-state index in [4.69, 9.17) is 16.3 Å². The summed E-state index contributed by atoms with van der Waals surface area (Å²) in [6.07, 6.45) is 3.89. The first-order valence-corrected chi connectivity index (χ1v) is 8.15. The molecular formula is C15H22ClN2O3+. The van der Waals surface area contributed by atoms with E-state index in [1.807, 2.05) is 6.08 Å². The second-order valence-corrected chi connectivity index (χ2v) is 6.58. The molecule has 2 aliphatic heterocycles. The van der Waals surface area contributed by atoms with Gasteiger partial charge in [0.1, 0.15) is 13.1 Å². The molecule has 0 aromatic carbocycles. The number of amides is 2. The molecule has 0 radical (unpaired) electrons. The van der Waals surface area contributed by atoms with Crippen LogP contribution < -0.4 is 4.90 Å². The summed E-state index contributed by atoms with van der Waals surface area (Å²) in [5, 5.41) is 0.719. The van der Waals surface area contributed by atoms with E-state index >= 15 is 0 Å². The van der Waals surface area contributed by atoms with Gasteiger partial charge in [0.25, 0.3) is 0 Å². The summed E-state index contributed by atoms with van der Waals surface area (Å²) < 4.78 is 5.33. The van der Waals surface area contributed by atoms with E-state index in [0.29, 0.717) is 19.4 Å². The lowest BCUT2D eigenvalue weighted by molar-refractivity contribution is -0.908. The van der Waals surface area contributed by atoms with Crippen molar-refractivity contribution in [2.75, 3.05) is 39.4 Å². The predicted molar refractivity (Wildman–Crippen MR) is 77.9 cm³/mol. The molecule has 3 rings (SSSR count). The Morgan fingerprint density at radius 1 is 1.24 bits per heavy atom. The van der Waals surface area contributed by atoms with E-state index in [9.17, 15) is 9.59 Å². The van der Waals surface area contributed by atoms with Crippen LogP contribution in [0.2, 0.25) is 0 Å². The minimum atomic E-state index is -0.217. The molecule has 21 heavy (non-hydrogen) atoms. The first-order chi connectivity index (χ1) is 10.2. The van der Waals surface area contributed by atoms with Crippen LogP contribution in [0, 0.1) is 11.8 Å². The largest absolute Gasteiger partial charge is 0.370 e. The Balaban J connectivity index is 1.52. The molecule has 0 aromatic heterocycles. The van der Waals surface area contributed by atoms with Gasteiger partial charge in [0.2, 0.25) is 11.8 Å². The van der Waals surface area contributed by atoms with Gasteiger partial charge in [-0.1, -0.05) is 17.7 Å². The van der Waals surface area contributed by atoms with Crippen LogP contribution in [-0.4, -0.2) is 56.1 Å². The zero-order valence-corrected chi connectivity index (χ0v) is 12.9.